The Labute approximate surface area is 193 Å². The van der Waals surface area contributed by atoms with Gasteiger partial charge in [-0.15, -0.1) is 11.3 Å². The average Bonchev–Trinajstić information content (AvgIpc) is 3.08. The van der Waals surface area contributed by atoms with Gasteiger partial charge in [0.25, 0.3) is 5.91 Å². The van der Waals surface area contributed by atoms with Crippen LogP contribution >= 0.6 is 34.5 Å². The standard InChI is InChI=1S/C19H15Cl2N5O3S2/c1-11-17(18(27)25-31(2,28)29)24-19(30-11)26(14-5-3-12(8-22)4-6-14)10-16-15(21)7-13(20)9-23-16/h3-7,9H,10H2,1-2H3,(H,25,27). The number of aryl methyl sites for hydroxylation is 1. The Bertz CT molecular complexity index is 1280. The van der Waals surface area contributed by atoms with E-state index in [-0.39, 0.29) is 12.2 Å². The molecule has 1 N–H and O–H groups in total. The predicted octanol–water partition coefficient (Wildman–Crippen LogP) is 4.05. The molecule has 2 heterocycles. The number of nitrogens with one attached hydrogen (secondary N) is 1. The number of hydrogen-bond donors (Lipinski definition) is 1. The van der Waals surface area contributed by atoms with Crippen LogP contribution in [0, 0.1) is 18.3 Å². The number of anilines is 2. The van der Waals surface area contributed by atoms with Gasteiger partial charge in [-0.25, -0.2) is 18.1 Å². The van der Waals surface area contributed by atoms with Gasteiger partial charge in [0, 0.05) is 16.8 Å². The summed E-state index contributed by atoms with van der Waals surface area (Å²) in [7, 11) is -3.74. The first-order chi connectivity index (χ1) is 14.6. The third-order valence-corrected chi connectivity index (χ3v) is 6.09. The van der Waals surface area contributed by atoms with Crippen LogP contribution in [0.25, 0.3) is 0 Å². The number of halogens is 2. The zero-order valence-electron chi connectivity index (χ0n) is 16.3. The van der Waals surface area contributed by atoms with E-state index in [9.17, 15) is 13.2 Å². The fourth-order valence-corrected chi connectivity index (χ4v) is 4.42. The lowest BCUT2D eigenvalue weighted by Crippen LogP contribution is -2.30. The molecule has 0 saturated heterocycles. The van der Waals surface area contributed by atoms with Crippen molar-refractivity contribution in [2.75, 3.05) is 11.2 Å². The lowest BCUT2D eigenvalue weighted by atomic mass is 10.2. The van der Waals surface area contributed by atoms with E-state index in [1.807, 2.05) is 4.72 Å². The van der Waals surface area contributed by atoms with Gasteiger partial charge in [0.2, 0.25) is 10.0 Å². The van der Waals surface area contributed by atoms with Gasteiger partial charge >= 0.3 is 0 Å². The SMILES string of the molecule is Cc1sc(N(Cc2ncc(Cl)cc2Cl)c2ccc(C#N)cc2)nc1C(=O)NS(C)(=O)=O. The molecule has 0 atom stereocenters. The summed E-state index contributed by atoms with van der Waals surface area (Å²) < 4.78 is 24.8. The van der Waals surface area contributed by atoms with Gasteiger partial charge in [-0.3, -0.25) is 9.78 Å². The molecule has 0 aliphatic rings. The first-order valence-corrected chi connectivity index (χ1v) is 12.1. The zero-order chi connectivity index (χ0) is 22.8. The third-order valence-electron chi connectivity index (χ3n) is 4.01. The molecule has 3 rings (SSSR count). The second kappa shape index (κ2) is 9.20. The second-order valence-electron chi connectivity index (χ2n) is 6.43. The number of thiazole rings is 1. The minimum absolute atomic E-state index is 0.000711. The lowest BCUT2D eigenvalue weighted by molar-refractivity contribution is 0.0977. The van der Waals surface area contributed by atoms with E-state index < -0.39 is 15.9 Å². The minimum atomic E-state index is -3.74. The number of carbonyl (C=O) groups is 1. The largest absolute Gasteiger partial charge is 0.312 e. The van der Waals surface area contributed by atoms with Gasteiger partial charge in [-0.1, -0.05) is 23.2 Å². The van der Waals surface area contributed by atoms with Gasteiger partial charge in [0.15, 0.2) is 5.13 Å². The van der Waals surface area contributed by atoms with Gasteiger partial charge < -0.3 is 4.90 Å². The smallest absolute Gasteiger partial charge is 0.284 e. The summed E-state index contributed by atoms with van der Waals surface area (Å²) in [5, 5.41) is 10.2. The van der Waals surface area contributed by atoms with Crippen molar-refractivity contribution in [3.8, 4) is 6.07 Å². The number of hydrogen-bond acceptors (Lipinski definition) is 8. The Hall–Kier alpha value is -2.71. The van der Waals surface area contributed by atoms with Crippen molar-refractivity contribution in [2.24, 2.45) is 0 Å². The highest BCUT2D eigenvalue weighted by atomic mass is 35.5. The number of nitriles is 1. The number of sulfonamides is 1. The molecule has 0 spiro atoms. The molecule has 2 aromatic heterocycles. The van der Waals surface area contributed by atoms with Crippen LogP contribution in [-0.2, 0) is 16.6 Å². The highest BCUT2D eigenvalue weighted by Crippen LogP contribution is 2.34. The van der Waals surface area contributed by atoms with Crippen molar-refractivity contribution in [2.45, 2.75) is 13.5 Å². The van der Waals surface area contributed by atoms with Crippen LogP contribution in [0.5, 0.6) is 0 Å². The third kappa shape index (κ3) is 5.71. The van der Waals surface area contributed by atoms with Crippen LogP contribution in [0.15, 0.2) is 36.5 Å². The molecule has 0 saturated carbocycles. The number of nitrogens with zero attached hydrogens (tertiary/aromatic N) is 4. The molecule has 0 radical (unpaired) electrons. The molecular weight excluding hydrogens is 481 g/mol. The topological polar surface area (TPSA) is 116 Å². The summed E-state index contributed by atoms with van der Waals surface area (Å²) >= 11 is 13.4. The van der Waals surface area contributed by atoms with Crippen LogP contribution in [-0.4, -0.2) is 30.5 Å². The average molecular weight is 496 g/mol. The van der Waals surface area contributed by atoms with E-state index in [4.69, 9.17) is 28.5 Å². The van der Waals surface area contributed by atoms with E-state index in [2.05, 4.69) is 16.0 Å². The molecular formula is C19H15Cl2N5O3S2. The molecule has 8 nitrogen and oxygen atoms in total. The summed E-state index contributed by atoms with van der Waals surface area (Å²) in [6.45, 7) is 1.87. The molecule has 1 amide bonds. The number of benzene rings is 1. The fraction of sp³-hybridized carbons (Fsp3) is 0.158. The maximum atomic E-state index is 12.3. The lowest BCUT2D eigenvalue weighted by Gasteiger charge is -2.22. The summed E-state index contributed by atoms with van der Waals surface area (Å²) in [4.78, 5) is 23.3. The van der Waals surface area contributed by atoms with Crippen LogP contribution in [0.2, 0.25) is 10.0 Å². The number of amides is 1. The molecule has 0 bridgehead atoms. The van der Waals surface area contributed by atoms with Gasteiger partial charge in [-0.05, 0) is 37.3 Å². The van der Waals surface area contributed by atoms with Crippen molar-refractivity contribution in [3.63, 3.8) is 0 Å². The molecule has 12 heteroatoms. The first kappa shape index (κ1) is 23.0. The predicted molar refractivity (Wildman–Crippen MR) is 120 cm³/mol. The second-order valence-corrected chi connectivity index (χ2v) is 10.2. The molecule has 160 valence electrons. The van der Waals surface area contributed by atoms with Crippen LogP contribution in [0.1, 0.15) is 26.6 Å². The minimum Gasteiger partial charge on any atom is -0.312 e. The van der Waals surface area contributed by atoms with Crippen LogP contribution in [0.4, 0.5) is 10.8 Å². The van der Waals surface area contributed by atoms with E-state index in [0.29, 0.717) is 37.0 Å². The van der Waals surface area contributed by atoms with Crippen LogP contribution < -0.4 is 9.62 Å². The van der Waals surface area contributed by atoms with Crippen molar-refractivity contribution < 1.29 is 13.2 Å². The maximum Gasteiger partial charge on any atom is 0.284 e. The van der Waals surface area contributed by atoms with Gasteiger partial charge in [0.1, 0.15) is 5.69 Å². The summed E-state index contributed by atoms with van der Waals surface area (Å²) in [6.07, 6.45) is 2.36. The van der Waals surface area contributed by atoms with E-state index in [0.717, 1.165) is 6.26 Å². The summed E-state index contributed by atoms with van der Waals surface area (Å²) in [5.74, 6) is -0.815. The quantitative estimate of drug-likeness (QED) is 0.547. The molecule has 3 aromatic rings. The van der Waals surface area contributed by atoms with Gasteiger partial charge in [0.05, 0.1) is 40.2 Å². The number of rotatable bonds is 6. The number of aromatic nitrogens is 2. The molecule has 0 aliphatic heterocycles. The number of pyridine rings is 1. The van der Waals surface area contributed by atoms with Crippen LogP contribution in [0.3, 0.4) is 0 Å². The highest BCUT2D eigenvalue weighted by Gasteiger charge is 2.23. The van der Waals surface area contributed by atoms with E-state index in [1.165, 1.54) is 17.5 Å². The molecule has 31 heavy (non-hydrogen) atoms. The molecule has 0 fully saturated rings. The maximum absolute atomic E-state index is 12.3. The summed E-state index contributed by atoms with van der Waals surface area (Å²) in [5.41, 5.74) is 1.68. The van der Waals surface area contributed by atoms with Crippen molar-refractivity contribution in [3.05, 3.63) is 68.4 Å². The molecule has 1 aromatic carbocycles. The normalized spacial score (nSPS) is 11.1. The fourth-order valence-electron chi connectivity index (χ4n) is 2.62. The Morgan fingerprint density at radius 2 is 1.97 bits per heavy atom. The van der Waals surface area contributed by atoms with Crippen molar-refractivity contribution in [1.82, 2.24) is 14.7 Å². The summed E-state index contributed by atoms with van der Waals surface area (Å²) in [6, 6.07) is 10.4. The van der Waals surface area contributed by atoms with Gasteiger partial charge in [-0.2, -0.15) is 5.26 Å². The first-order valence-electron chi connectivity index (χ1n) is 8.64. The Kier molecular flexibility index (Phi) is 6.81. The van der Waals surface area contributed by atoms with E-state index in [1.54, 1.807) is 42.2 Å². The molecule has 0 unspecified atom stereocenters. The highest BCUT2D eigenvalue weighted by molar-refractivity contribution is 7.89. The van der Waals surface area contributed by atoms with Crippen molar-refractivity contribution in [1.29, 1.82) is 5.26 Å². The van der Waals surface area contributed by atoms with Crippen molar-refractivity contribution >= 4 is 61.3 Å². The monoisotopic (exact) mass is 495 g/mol. The van der Waals surface area contributed by atoms with E-state index >= 15 is 0 Å². The Morgan fingerprint density at radius 3 is 2.55 bits per heavy atom. The number of carbonyl (C=O) groups excluding carboxylic acids is 1. The molecule has 0 aliphatic carbocycles. The Morgan fingerprint density at radius 1 is 1.29 bits per heavy atom. The zero-order valence-corrected chi connectivity index (χ0v) is 19.4. The Balaban J connectivity index is 2.04.